The number of aromatic nitrogens is 1. The van der Waals surface area contributed by atoms with Gasteiger partial charge in [0.15, 0.2) is 0 Å². The SMILES string of the molecule is Cc1cc(C)cc(Sc2c3ccccc3c(-c3ccc4c(c3)C(C)(C)c3ccccc3-4)c3cnccc23)c1. The molecule has 6 aromatic rings. The van der Waals surface area contributed by atoms with Gasteiger partial charge in [-0.1, -0.05) is 92.3 Å². The van der Waals surface area contributed by atoms with E-state index in [4.69, 9.17) is 0 Å². The van der Waals surface area contributed by atoms with E-state index in [1.54, 1.807) is 0 Å². The van der Waals surface area contributed by atoms with Gasteiger partial charge in [0, 0.05) is 33.0 Å². The molecule has 0 saturated heterocycles. The van der Waals surface area contributed by atoms with E-state index in [9.17, 15) is 0 Å². The van der Waals surface area contributed by atoms with Gasteiger partial charge in [-0.15, -0.1) is 0 Å². The molecule has 5 aromatic carbocycles. The molecule has 0 aliphatic heterocycles. The van der Waals surface area contributed by atoms with Gasteiger partial charge in [0.2, 0.25) is 0 Å². The molecule has 184 valence electrons. The second-order valence-electron chi connectivity index (χ2n) is 11.0. The molecular weight excluding hydrogens is 478 g/mol. The summed E-state index contributed by atoms with van der Waals surface area (Å²) in [6.07, 6.45) is 3.98. The van der Waals surface area contributed by atoms with E-state index in [1.807, 2.05) is 18.0 Å². The number of hydrogen-bond acceptors (Lipinski definition) is 2. The summed E-state index contributed by atoms with van der Waals surface area (Å²) < 4.78 is 0. The molecule has 1 aliphatic carbocycles. The average molecular weight is 508 g/mol. The first-order valence-corrected chi connectivity index (χ1v) is 14.0. The van der Waals surface area contributed by atoms with Crippen LogP contribution in [-0.4, -0.2) is 4.98 Å². The highest BCUT2D eigenvalue weighted by Crippen LogP contribution is 2.51. The summed E-state index contributed by atoms with van der Waals surface area (Å²) in [6.45, 7) is 9.05. The van der Waals surface area contributed by atoms with Crippen LogP contribution in [0.15, 0.2) is 113 Å². The third kappa shape index (κ3) is 3.51. The number of hydrogen-bond donors (Lipinski definition) is 0. The second-order valence-corrected chi connectivity index (χ2v) is 12.1. The predicted molar refractivity (Wildman–Crippen MR) is 162 cm³/mol. The molecule has 1 aromatic heterocycles. The molecule has 0 radical (unpaired) electrons. The molecule has 1 heterocycles. The summed E-state index contributed by atoms with van der Waals surface area (Å²) in [5.74, 6) is 0. The lowest BCUT2D eigenvalue weighted by Crippen LogP contribution is -2.14. The maximum atomic E-state index is 4.61. The van der Waals surface area contributed by atoms with E-state index in [0.717, 1.165) is 0 Å². The lowest BCUT2D eigenvalue weighted by Gasteiger charge is -2.23. The fourth-order valence-corrected chi connectivity index (χ4v) is 7.67. The van der Waals surface area contributed by atoms with Crippen molar-refractivity contribution in [3.05, 3.63) is 126 Å². The Balaban J connectivity index is 1.49. The smallest absolute Gasteiger partial charge is 0.0353 e. The van der Waals surface area contributed by atoms with Crippen LogP contribution in [0.5, 0.6) is 0 Å². The van der Waals surface area contributed by atoms with Crippen molar-refractivity contribution in [2.24, 2.45) is 0 Å². The first kappa shape index (κ1) is 23.3. The Kier molecular flexibility index (Phi) is 5.25. The van der Waals surface area contributed by atoms with Gasteiger partial charge in [-0.05, 0) is 98.8 Å². The highest BCUT2D eigenvalue weighted by atomic mass is 32.2. The molecule has 0 fully saturated rings. The molecule has 1 aliphatic rings. The van der Waals surface area contributed by atoms with Crippen LogP contribution >= 0.6 is 11.8 Å². The van der Waals surface area contributed by atoms with Crippen molar-refractivity contribution < 1.29 is 0 Å². The Labute approximate surface area is 228 Å². The fourth-order valence-electron chi connectivity index (χ4n) is 6.37. The Hall–Kier alpha value is -3.88. The van der Waals surface area contributed by atoms with Crippen LogP contribution < -0.4 is 0 Å². The molecule has 0 amide bonds. The minimum absolute atomic E-state index is 0.0371. The van der Waals surface area contributed by atoms with Crippen molar-refractivity contribution in [2.45, 2.75) is 42.9 Å². The Bertz CT molecular complexity index is 1820. The third-order valence-corrected chi connectivity index (χ3v) is 9.18. The largest absolute Gasteiger partial charge is 0.264 e. The number of fused-ring (bicyclic) bond motifs is 5. The lowest BCUT2D eigenvalue weighted by molar-refractivity contribution is 0.660. The summed E-state index contributed by atoms with van der Waals surface area (Å²) >= 11 is 1.86. The van der Waals surface area contributed by atoms with Crippen molar-refractivity contribution in [3.8, 4) is 22.3 Å². The summed E-state index contributed by atoms with van der Waals surface area (Å²) in [6, 6.07) is 33.8. The summed E-state index contributed by atoms with van der Waals surface area (Å²) in [5.41, 5.74) is 10.6. The molecule has 7 rings (SSSR count). The minimum atomic E-state index is -0.0371. The molecule has 2 heteroatoms. The van der Waals surface area contributed by atoms with Gasteiger partial charge in [0.1, 0.15) is 0 Å². The van der Waals surface area contributed by atoms with Gasteiger partial charge >= 0.3 is 0 Å². The maximum absolute atomic E-state index is 4.61. The second kappa shape index (κ2) is 8.58. The van der Waals surface area contributed by atoms with Crippen molar-refractivity contribution in [3.63, 3.8) is 0 Å². The van der Waals surface area contributed by atoms with Crippen LogP contribution in [-0.2, 0) is 5.41 Å². The molecule has 0 bridgehead atoms. The van der Waals surface area contributed by atoms with E-state index in [0.29, 0.717) is 0 Å². The molecule has 0 spiro atoms. The number of aryl methyl sites for hydroxylation is 2. The van der Waals surface area contributed by atoms with Crippen molar-refractivity contribution >= 4 is 33.3 Å². The lowest BCUT2D eigenvalue weighted by atomic mass is 9.81. The maximum Gasteiger partial charge on any atom is 0.0353 e. The highest BCUT2D eigenvalue weighted by molar-refractivity contribution is 7.99. The number of rotatable bonds is 3. The topological polar surface area (TPSA) is 12.9 Å². The quantitative estimate of drug-likeness (QED) is 0.221. The van der Waals surface area contributed by atoms with Crippen molar-refractivity contribution in [1.29, 1.82) is 0 Å². The zero-order valence-corrected chi connectivity index (χ0v) is 23.0. The van der Waals surface area contributed by atoms with Gasteiger partial charge in [0.05, 0.1) is 0 Å². The van der Waals surface area contributed by atoms with Crippen molar-refractivity contribution in [1.82, 2.24) is 4.98 Å². The first-order valence-electron chi connectivity index (χ1n) is 13.2. The Morgan fingerprint density at radius 1 is 0.632 bits per heavy atom. The van der Waals surface area contributed by atoms with E-state index >= 15 is 0 Å². The standard InChI is InChI=1S/C36H29NS/c1-22-17-23(2)19-25(18-22)38-35-29-11-6-5-10-28(29)34(31-21-37-16-15-30(31)35)24-13-14-27-26-9-7-8-12-32(26)36(3,4)33(27)20-24/h5-21H,1-4H3. The predicted octanol–water partition coefficient (Wildman–Crippen LogP) is 10.1. The van der Waals surface area contributed by atoms with Crippen LogP contribution in [0.4, 0.5) is 0 Å². The normalized spacial score (nSPS) is 13.6. The van der Waals surface area contributed by atoms with Crippen LogP contribution in [0.25, 0.3) is 43.8 Å². The molecule has 0 unspecified atom stereocenters. The van der Waals surface area contributed by atoms with Crippen LogP contribution in [0.2, 0.25) is 0 Å². The number of benzene rings is 5. The zero-order chi connectivity index (χ0) is 26.0. The zero-order valence-electron chi connectivity index (χ0n) is 22.2. The number of nitrogens with zero attached hydrogens (tertiary/aromatic N) is 1. The summed E-state index contributed by atoms with van der Waals surface area (Å²) in [7, 11) is 0. The van der Waals surface area contributed by atoms with E-state index in [1.165, 1.54) is 75.8 Å². The third-order valence-electron chi connectivity index (χ3n) is 8.06. The summed E-state index contributed by atoms with van der Waals surface area (Å²) in [4.78, 5) is 7.17. The fraction of sp³-hybridized carbons (Fsp3) is 0.139. The Morgan fingerprint density at radius 3 is 2.13 bits per heavy atom. The molecule has 38 heavy (non-hydrogen) atoms. The van der Waals surface area contributed by atoms with Crippen LogP contribution in [0.1, 0.15) is 36.1 Å². The van der Waals surface area contributed by atoms with E-state index < -0.39 is 0 Å². The molecule has 0 saturated carbocycles. The summed E-state index contributed by atoms with van der Waals surface area (Å²) in [5, 5.41) is 5.01. The van der Waals surface area contributed by atoms with Gasteiger partial charge in [-0.25, -0.2) is 0 Å². The van der Waals surface area contributed by atoms with Gasteiger partial charge in [-0.3, -0.25) is 4.98 Å². The van der Waals surface area contributed by atoms with E-state index in [2.05, 4.69) is 130 Å². The van der Waals surface area contributed by atoms with Crippen molar-refractivity contribution in [2.75, 3.05) is 0 Å². The average Bonchev–Trinajstić information content (AvgIpc) is 3.14. The molecule has 1 nitrogen and oxygen atoms in total. The highest BCUT2D eigenvalue weighted by Gasteiger charge is 2.35. The van der Waals surface area contributed by atoms with E-state index in [-0.39, 0.29) is 5.41 Å². The number of pyridine rings is 1. The monoisotopic (exact) mass is 507 g/mol. The van der Waals surface area contributed by atoms with Gasteiger partial charge < -0.3 is 0 Å². The van der Waals surface area contributed by atoms with Crippen LogP contribution in [0, 0.1) is 13.8 Å². The van der Waals surface area contributed by atoms with Crippen LogP contribution in [0.3, 0.4) is 0 Å². The van der Waals surface area contributed by atoms with Gasteiger partial charge in [0.25, 0.3) is 0 Å². The molecule has 0 N–H and O–H groups in total. The molecular formula is C36H29NS. The minimum Gasteiger partial charge on any atom is -0.264 e. The first-order chi connectivity index (χ1) is 18.4. The Morgan fingerprint density at radius 2 is 1.32 bits per heavy atom. The molecule has 0 atom stereocenters. The van der Waals surface area contributed by atoms with Gasteiger partial charge in [-0.2, -0.15) is 0 Å².